The smallest absolute Gasteiger partial charge is 0.244 e. The molecular formula is C12H10Cl2N2O. The first-order chi connectivity index (χ1) is 8.16. The minimum atomic E-state index is -0.148. The largest absolute Gasteiger partial charge is 0.328 e. The molecule has 1 heterocycles. The van der Waals surface area contributed by atoms with Gasteiger partial charge in [0.25, 0.3) is 0 Å². The number of halogens is 2. The molecule has 1 aromatic heterocycles. The van der Waals surface area contributed by atoms with Crippen molar-refractivity contribution >= 4 is 34.8 Å². The lowest BCUT2D eigenvalue weighted by atomic mass is 10.3. The Kier molecular flexibility index (Phi) is 3.71. The molecule has 0 aliphatic carbocycles. The van der Waals surface area contributed by atoms with Crippen LogP contribution in [0, 0.1) is 0 Å². The summed E-state index contributed by atoms with van der Waals surface area (Å²) in [5.74, 6) is -0.148. The minimum Gasteiger partial charge on any atom is -0.328 e. The molecule has 1 amide bonds. The van der Waals surface area contributed by atoms with Crippen LogP contribution in [-0.2, 0) is 11.3 Å². The van der Waals surface area contributed by atoms with Crippen LogP contribution in [0.3, 0.4) is 0 Å². The Morgan fingerprint density at radius 1 is 1.18 bits per heavy atom. The number of aromatic nitrogens is 1. The number of benzene rings is 1. The average Bonchev–Trinajstić information content (AvgIpc) is 2.62. The maximum absolute atomic E-state index is 11.7. The number of nitrogens with one attached hydrogen (secondary N) is 1. The van der Waals surface area contributed by atoms with Gasteiger partial charge in [-0.25, -0.2) is 0 Å². The second-order valence-corrected chi connectivity index (χ2v) is 4.26. The number of nitrogens with zero attached hydrogens (tertiary/aromatic N) is 1. The van der Waals surface area contributed by atoms with Crippen LogP contribution in [0.4, 0.5) is 5.69 Å². The summed E-state index contributed by atoms with van der Waals surface area (Å²) in [6.45, 7) is 0.139. The van der Waals surface area contributed by atoms with Gasteiger partial charge in [0.05, 0.1) is 5.02 Å². The fraction of sp³-hybridized carbons (Fsp3) is 0.0833. The number of rotatable bonds is 3. The molecule has 0 aliphatic rings. The van der Waals surface area contributed by atoms with Crippen molar-refractivity contribution in [3.05, 3.63) is 52.8 Å². The molecule has 0 bridgehead atoms. The zero-order chi connectivity index (χ0) is 12.3. The molecule has 0 fully saturated rings. The number of carbonyl (C=O) groups is 1. The summed E-state index contributed by atoms with van der Waals surface area (Å²) in [6.07, 6.45) is 1.68. The first-order valence-electron chi connectivity index (χ1n) is 5.02. The first-order valence-corrected chi connectivity index (χ1v) is 5.77. The highest BCUT2D eigenvalue weighted by atomic mass is 35.5. The lowest BCUT2D eigenvalue weighted by Crippen LogP contribution is -2.18. The fourth-order valence-electron chi connectivity index (χ4n) is 1.43. The van der Waals surface area contributed by atoms with Crippen molar-refractivity contribution in [3.8, 4) is 0 Å². The molecule has 3 nitrogen and oxygen atoms in total. The van der Waals surface area contributed by atoms with Gasteiger partial charge in [-0.05, 0) is 18.2 Å². The zero-order valence-electron chi connectivity index (χ0n) is 8.86. The molecule has 0 saturated heterocycles. The molecule has 0 radical (unpaired) electrons. The molecule has 0 saturated carbocycles. The standard InChI is InChI=1S/C12H10Cl2N2O/c13-10-6-7-16(12(10)14)8-11(17)15-9-4-2-1-3-5-9/h1-7H,8H2,(H,15,17). The average molecular weight is 269 g/mol. The Bertz CT molecular complexity index is 523. The summed E-state index contributed by atoms with van der Waals surface area (Å²) in [5, 5.41) is 3.58. The van der Waals surface area contributed by atoms with Crippen LogP contribution in [0.25, 0.3) is 0 Å². The summed E-state index contributed by atoms with van der Waals surface area (Å²) in [4.78, 5) is 11.7. The maximum Gasteiger partial charge on any atom is 0.244 e. The van der Waals surface area contributed by atoms with E-state index in [1.165, 1.54) is 0 Å². The number of hydrogen-bond donors (Lipinski definition) is 1. The van der Waals surface area contributed by atoms with Crippen molar-refractivity contribution < 1.29 is 4.79 Å². The number of carbonyl (C=O) groups excluding carboxylic acids is 1. The molecule has 17 heavy (non-hydrogen) atoms. The highest BCUT2D eigenvalue weighted by Crippen LogP contribution is 2.22. The van der Waals surface area contributed by atoms with Gasteiger partial charge in [0.1, 0.15) is 11.7 Å². The van der Waals surface area contributed by atoms with Crippen molar-refractivity contribution in [3.63, 3.8) is 0 Å². The van der Waals surface area contributed by atoms with E-state index in [0.717, 1.165) is 5.69 Å². The Morgan fingerprint density at radius 2 is 1.88 bits per heavy atom. The lowest BCUT2D eigenvalue weighted by Gasteiger charge is -2.06. The quantitative estimate of drug-likeness (QED) is 0.909. The molecule has 1 N–H and O–H groups in total. The highest BCUT2D eigenvalue weighted by Gasteiger charge is 2.08. The van der Waals surface area contributed by atoms with E-state index in [4.69, 9.17) is 23.2 Å². The second kappa shape index (κ2) is 5.25. The third-order valence-electron chi connectivity index (χ3n) is 2.22. The fourth-order valence-corrected chi connectivity index (χ4v) is 1.77. The Balaban J connectivity index is 2.01. The minimum absolute atomic E-state index is 0.139. The molecule has 0 spiro atoms. The van der Waals surface area contributed by atoms with Crippen LogP contribution < -0.4 is 5.32 Å². The van der Waals surface area contributed by atoms with Crippen molar-refractivity contribution in [1.29, 1.82) is 0 Å². The van der Waals surface area contributed by atoms with Gasteiger partial charge in [0.15, 0.2) is 0 Å². The van der Waals surface area contributed by atoms with Crippen LogP contribution in [0.2, 0.25) is 10.2 Å². The van der Waals surface area contributed by atoms with Gasteiger partial charge in [0.2, 0.25) is 5.91 Å². The zero-order valence-corrected chi connectivity index (χ0v) is 10.4. The molecule has 5 heteroatoms. The van der Waals surface area contributed by atoms with Crippen molar-refractivity contribution in [2.75, 3.05) is 5.32 Å². The second-order valence-electron chi connectivity index (χ2n) is 3.50. The van der Waals surface area contributed by atoms with E-state index >= 15 is 0 Å². The topological polar surface area (TPSA) is 34.0 Å². The van der Waals surface area contributed by atoms with E-state index in [0.29, 0.717) is 10.2 Å². The highest BCUT2D eigenvalue weighted by molar-refractivity contribution is 6.41. The van der Waals surface area contributed by atoms with Crippen molar-refractivity contribution in [2.24, 2.45) is 0 Å². The number of amides is 1. The molecule has 0 aliphatic heterocycles. The third kappa shape index (κ3) is 3.02. The molecule has 0 atom stereocenters. The van der Waals surface area contributed by atoms with Gasteiger partial charge >= 0.3 is 0 Å². The summed E-state index contributed by atoms with van der Waals surface area (Å²) in [7, 11) is 0. The monoisotopic (exact) mass is 268 g/mol. The van der Waals surface area contributed by atoms with Crippen LogP contribution in [-0.4, -0.2) is 10.5 Å². The summed E-state index contributed by atoms with van der Waals surface area (Å²) >= 11 is 11.7. The predicted octanol–water partition coefficient (Wildman–Crippen LogP) is 3.43. The first kappa shape index (κ1) is 12.0. The van der Waals surface area contributed by atoms with E-state index in [1.807, 2.05) is 30.3 Å². The van der Waals surface area contributed by atoms with E-state index in [2.05, 4.69) is 5.32 Å². The van der Waals surface area contributed by atoms with Gasteiger partial charge in [0, 0.05) is 11.9 Å². The number of anilines is 1. The van der Waals surface area contributed by atoms with Gasteiger partial charge in [-0.2, -0.15) is 0 Å². The van der Waals surface area contributed by atoms with E-state index < -0.39 is 0 Å². The molecule has 0 unspecified atom stereocenters. The molecular weight excluding hydrogens is 259 g/mol. The van der Waals surface area contributed by atoms with Gasteiger partial charge in [-0.15, -0.1) is 0 Å². The van der Waals surface area contributed by atoms with Gasteiger partial charge in [-0.3, -0.25) is 4.79 Å². The van der Waals surface area contributed by atoms with Crippen molar-refractivity contribution in [1.82, 2.24) is 4.57 Å². The molecule has 2 rings (SSSR count). The Labute approximate surface area is 109 Å². The van der Waals surface area contributed by atoms with Crippen LogP contribution >= 0.6 is 23.2 Å². The van der Waals surface area contributed by atoms with E-state index in [1.54, 1.807) is 16.8 Å². The molecule has 2 aromatic rings. The van der Waals surface area contributed by atoms with Crippen LogP contribution in [0.5, 0.6) is 0 Å². The normalized spacial score (nSPS) is 10.2. The predicted molar refractivity (Wildman–Crippen MR) is 69.5 cm³/mol. The lowest BCUT2D eigenvalue weighted by molar-refractivity contribution is -0.116. The van der Waals surface area contributed by atoms with E-state index in [9.17, 15) is 4.79 Å². The summed E-state index contributed by atoms with van der Waals surface area (Å²) in [6, 6.07) is 10.9. The molecule has 1 aromatic carbocycles. The Hall–Kier alpha value is -1.45. The Morgan fingerprint density at radius 3 is 2.47 bits per heavy atom. The summed E-state index contributed by atoms with van der Waals surface area (Å²) < 4.78 is 1.59. The summed E-state index contributed by atoms with van der Waals surface area (Å²) in [5.41, 5.74) is 0.756. The van der Waals surface area contributed by atoms with Crippen LogP contribution in [0.15, 0.2) is 42.6 Å². The molecule has 88 valence electrons. The van der Waals surface area contributed by atoms with Gasteiger partial charge in [-0.1, -0.05) is 41.4 Å². The van der Waals surface area contributed by atoms with Crippen molar-refractivity contribution in [2.45, 2.75) is 6.54 Å². The number of hydrogen-bond acceptors (Lipinski definition) is 1. The maximum atomic E-state index is 11.7. The van der Waals surface area contributed by atoms with Gasteiger partial charge < -0.3 is 9.88 Å². The number of para-hydroxylation sites is 1. The SMILES string of the molecule is O=C(Cn1ccc(Cl)c1Cl)Nc1ccccc1. The third-order valence-corrected chi connectivity index (χ3v) is 3.04. The van der Waals surface area contributed by atoms with Crippen LogP contribution in [0.1, 0.15) is 0 Å². The van der Waals surface area contributed by atoms with E-state index in [-0.39, 0.29) is 12.5 Å².